The Labute approximate surface area is 119 Å². The molecule has 0 N–H and O–H groups in total. The van der Waals surface area contributed by atoms with Crippen molar-refractivity contribution in [2.75, 3.05) is 7.11 Å². The van der Waals surface area contributed by atoms with Crippen LogP contribution in [-0.2, 0) is 9.59 Å². The van der Waals surface area contributed by atoms with Gasteiger partial charge in [-0.05, 0) is 17.7 Å². The second kappa shape index (κ2) is 5.90. The lowest BCUT2D eigenvalue weighted by molar-refractivity contribution is -0.191. The number of carbonyl (C=O) groups excluding carboxylic acids is 2. The predicted molar refractivity (Wildman–Crippen MR) is 74.1 cm³/mol. The number of benzene rings is 1. The van der Waals surface area contributed by atoms with E-state index < -0.39 is 0 Å². The van der Waals surface area contributed by atoms with Gasteiger partial charge in [0.1, 0.15) is 5.75 Å². The molecule has 0 amide bonds. The topological polar surface area (TPSA) is 47.7 Å². The zero-order valence-electron chi connectivity index (χ0n) is 12.3. The molecule has 2 atom stereocenters. The van der Waals surface area contributed by atoms with E-state index >= 15 is 0 Å². The summed E-state index contributed by atoms with van der Waals surface area (Å²) in [5, 5.41) is 0. The molecule has 2 rings (SSSR count). The van der Waals surface area contributed by atoms with E-state index in [-0.39, 0.29) is 17.1 Å². The van der Waals surface area contributed by atoms with Crippen molar-refractivity contribution < 1.29 is 14.3 Å². The molecule has 0 aliphatic heterocycles. The van der Waals surface area contributed by atoms with Crippen molar-refractivity contribution in [2.45, 2.75) is 38.6 Å². The van der Waals surface area contributed by atoms with Crippen molar-refractivity contribution in [3.8, 4) is 5.75 Å². The van der Waals surface area contributed by atoms with Crippen LogP contribution in [0.1, 0.15) is 38.7 Å². The molecule has 0 aromatic heterocycles. The number of hydrogen-bond acceptors (Lipinski definition) is 3. The number of rotatable bonds is 2. The van der Waals surface area contributed by atoms with E-state index in [0.717, 1.165) is 12.2 Å². The first kappa shape index (κ1) is 15.9. The third-order valence-corrected chi connectivity index (χ3v) is 3.95. The highest BCUT2D eigenvalue weighted by molar-refractivity contribution is 5.41. The van der Waals surface area contributed by atoms with E-state index in [1.807, 2.05) is 12.1 Å². The fraction of sp³-hybridized carbons (Fsp3) is 0.500. The van der Waals surface area contributed by atoms with Gasteiger partial charge in [-0.15, -0.1) is 0 Å². The lowest BCUT2D eigenvalue weighted by atomic mass is 9.82. The van der Waals surface area contributed by atoms with Crippen LogP contribution < -0.4 is 4.74 Å². The molecule has 1 aromatic carbocycles. The summed E-state index contributed by atoms with van der Waals surface area (Å²) in [5.41, 5.74) is 1.10. The van der Waals surface area contributed by atoms with Crippen molar-refractivity contribution in [1.29, 1.82) is 0 Å². The Morgan fingerprint density at radius 1 is 1.30 bits per heavy atom. The van der Waals surface area contributed by atoms with E-state index in [2.05, 4.69) is 37.7 Å². The molecule has 1 saturated carbocycles. The smallest absolute Gasteiger partial charge is 0.373 e. The van der Waals surface area contributed by atoms with Gasteiger partial charge in [-0.1, -0.05) is 32.9 Å². The number of methoxy groups -OCH3 is 1. The second-order valence-corrected chi connectivity index (χ2v) is 5.90. The van der Waals surface area contributed by atoms with Crippen molar-refractivity contribution in [1.82, 2.24) is 0 Å². The van der Waals surface area contributed by atoms with Crippen LogP contribution in [0.15, 0.2) is 24.3 Å². The van der Waals surface area contributed by atoms with Crippen LogP contribution in [0.25, 0.3) is 4.85 Å². The molecule has 1 aliphatic carbocycles. The average molecular weight is 273 g/mol. The minimum absolute atomic E-state index is 0.0410. The van der Waals surface area contributed by atoms with Crippen LogP contribution in [0.3, 0.4) is 0 Å². The molecule has 0 saturated heterocycles. The summed E-state index contributed by atoms with van der Waals surface area (Å²) >= 11 is 0. The highest BCUT2D eigenvalue weighted by Gasteiger charge is 2.69. The summed E-state index contributed by atoms with van der Waals surface area (Å²) in [6.07, 6.45) is 1.23. The highest BCUT2D eigenvalue weighted by Crippen LogP contribution is 2.63. The maximum absolute atomic E-state index is 8.12. The summed E-state index contributed by atoms with van der Waals surface area (Å²) < 4.78 is 5.15. The van der Waals surface area contributed by atoms with E-state index in [0.29, 0.717) is 5.92 Å². The van der Waals surface area contributed by atoms with Crippen molar-refractivity contribution >= 4 is 6.15 Å². The molecule has 20 heavy (non-hydrogen) atoms. The summed E-state index contributed by atoms with van der Waals surface area (Å²) in [5.74, 6) is 1.25. The Morgan fingerprint density at radius 2 is 1.80 bits per heavy atom. The molecule has 4 heteroatoms. The van der Waals surface area contributed by atoms with Crippen LogP contribution in [0, 0.1) is 12.0 Å². The fourth-order valence-electron chi connectivity index (χ4n) is 2.60. The molecule has 1 aliphatic rings. The molecule has 0 radical (unpaired) electrons. The molecular formula is C16H19NO3. The first-order valence-corrected chi connectivity index (χ1v) is 6.38. The summed E-state index contributed by atoms with van der Waals surface area (Å²) in [4.78, 5) is 20.2. The molecule has 0 heterocycles. The van der Waals surface area contributed by atoms with Gasteiger partial charge < -0.3 is 9.58 Å². The van der Waals surface area contributed by atoms with Crippen LogP contribution >= 0.6 is 0 Å². The summed E-state index contributed by atoms with van der Waals surface area (Å²) in [6, 6.07) is 8.13. The Balaban J connectivity index is 0.000000612. The molecule has 0 unspecified atom stereocenters. The van der Waals surface area contributed by atoms with Crippen molar-refractivity contribution in [3.63, 3.8) is 0 Å². The van der Waals surface area contributed by atoms with Crippen molar-refractivity contribution in [3.05, 3.63) is 41.2 Å². The Bertz CT molecular complexity index is 530. The number of ether oxygens (including phenoxy) is 1. The Hall–Kier alpha value is -2.11. The third kappa shape index (κ3) is 2.89. The molecule has 0 spiro atoms. The molecule has 1 fully saturated rings. The molecule has 4 nitrogen and oxygen atoms in total. The minimum Gasteiger partial charge on any atom is -0.497 e. The van der Waals surface area contributed by atoms with Gasteiger partial charge in [-0.2, -0.15) is 9.59 Å². The summed E-state index contributed by atoms with van der Waals surface area (Å²) in [7, 11) is 1.67. The van der Waals surface area contributed by atoms with Crippen LogP contribution in [0.5, 0.6) is 5.75 Å². The van der Waals surface area contributed by atoms with Crippen LogP contribution in [-0.4, -0.2) is 18.8 Å². The lowest BCUT2D eigenvalue weighted by Gasteiger charge is -2.21. The van der Waals surface area contributed by atoms with Gasteiger partial charge in [0, 0.05) is 11.8 Å². The van der Waals surface area contributed by atoms with Gasteiger partial charge in [0.05, 0.1) is 13.0 Å². The van der Waals surface area contributed by atoms with Gasteiger partial charge in [-0.3, -0.25) is 0 Å². The summed E-state index contributed by atoms with van der Waals surface area (Å²) in [6.45, 7) is 14.0. The standard InChI is InChI=1S/C15H19NO.CO2/c1-14(2,3)15(16-4)10-13(15)11-6-8-12(17-5)9-7-11;2-1-3/h6-9,13H,10H2,1-3,5H3;/t13-,15-;/m0./s1. The molecule has 0 bridgehead atoms. The number of hydrogen-bond donors (Lipinski definition) is 0. The van der Waals surface area contributed by atoms with Crippen LogP contribution in [0.4, 0.5) is 0 Å². The first-order valence-electron chi connectivity index (χ1n) is 6.38. The largest absolute Gasteiger partial charge is 0.497 e. The monoisotopic (exact) mass is 273 g/mol. The zero-order chi connectivity index (χ0) is 15.4. The quantitative estimate of drug-likeness (QED) is 0.777. The second-order valence-electron chi connectivity index (χ2n) is 5.90. The predicted octanol–water partition coefficient (Wildman–Crippen LogP) is 3.30. The van der Waals surface area contributed by atoms with Gasteiger partial charge in [-0.25, -0.2) is 6.57 Å². The normalized spacial score (nSPS) is 23.6. The van der Waals surface area contributed by atoms with E-state index in [1.54, 1.807) is 7.11 Å². The maximum Gasteiger partial charge on any atom is 0.373 e. The van der Waals surface area contributed by atoms with Crippen molar-refractivity contribution in [2.24, 2.45) is 5.41 Å². The van der Waals surface area contributed by atoms with Gasteiger partial charge in [0.25, 0.3) is 0 Å². The van der Waals surface area contributed by atoms with E-state index in [9.17, 15) is 0 Å². The van der Waals surface area contributed by atoms with E-state index in [4.69, 9.17) is 20.9 Å². The highest BCUT2D eigenvalue weighted by atomic mass is 16.5. The zero-order valence-corrected chi connectivity index (χ0v) is 12.3. The Kier molecular flexibility index (Phi) is 4.70. The van der Waals surface area contributed by atoms with Gasteiger partial charge in [0.15, 0.2) is 0 Å². The van der Waals surface area contributed by atoms with Crippen LogP contribution in [0.2, 0.25) is 0 Å². The molecule has 106 valence electrons. The maximum atomic E-state index is 8.12. The number of nitrogens with zero attached hydrogens (tertiary/aromatic N) is 1. The van der Waals surface area contributed by atoms with Gasteiger partial charge in [0.2, 0.25) is 5.54 Å². The molecular weight excluding hydrogens is 254 g/mol. The lowest BCUT2D eigenvalue weighted by Crippen LogP contribution is -2.26. The molecule has 1 aromatic rings. The average Bonchev–Trinajstić information content (AvgIpc) is 3.15. The Morgan fingerprint density at radius 3 is 2.10 bits per heavy atom. The first-order chi connectivity index (χ1) is 9.36. The van der Waals surface area contributed by atoms with Gasteiger partial charge >= 0.3 is 6.15 Å². The third-order valence-electron chi connectivity index (χ3n) is 3.95. The SMILES string of the molecule is O=C=O.[C-]#[N+][C@@]1(C(C)(C)C)C[C@H]1c1ccc(OC)cc1. The minimum atomic E-state index is -0.207. The fourth-order valence-corrected chi connectivity index (χ4v) is 2.60. The van der Waals surface area contributed by atoms with E-state index in [1.165, 1.54) is 5.56 Å².